The number of hydrogen-bond donors (Lipinski definition) is 1. The van der Waals surface area contributed by atoms with E-state index in [1.807, 2.05) is 38.1 Å². The number of likely N-dealkylation sites (tertiary alicyclic amines) is 1. The maximum atomic E-state index is 11.7. The number of aromatic nitrogens is 4. The van der Waals surface area contributed by atoms with Gasteiger partial charge in [-0.05, 0) is 38.8 Å². The molecule has 0 spiro atoms. The fourth-order valence-corrected chi connectivity index (χ4v) is 3.70. The van der Waals surface area contributed by atoms with Crippen molar-refractivity contribution in [2.24, 2.45) is 0 Å². The monoisotopic (exact) mass is 365 g/mol. The first-order valence-corrected chi connectivity index (χ1v) is 9.27. The van der Waals surface area contributed by atoms with Crippen molar-refractivity contribution in [3.8, 4) is 11.4 Å². The third kappa shape index (κ3) is 3.98. The predicted octanol–water partition coefficient (Wildman–Crippen LogP) is 2.82. The Labute approximate surface area is 157 Å². The van der Waals surface area contributed by atoms with Crippen LogP contribution in [0.5, 0.6) is 0 Å². The van der Waals surface area contributed by atoms with Gasteiger partial charge in [0.1, 0.15) is 5.82 Å². The second kappa shape index (κ2) is 7.44. The number of benzene rings is 1. The van der Waals surface area contributed by atoms with Crippen LogP contribution in [-0.4, -0.2) is 38.1 Å². The lowest BCUT2D eigenvalue weighted by Crippen LogP contribution is -2.34. The van der Waals surface area contributed by atoms with Crippen molar-refractivity contribution in [2.75, 3.05) is 13.1 Å². The highest BCUT2D eigenvalue weighted by Gasteiger charge is 2.24. The Morgan fingerprint density at radius 1 is 1.26 bits per heavy atom. The van der Waals surface area contributed by atoms with Crippen molar-refractivity contribution >= 4 is 0 Å². The lowest BCUT2D eigenvalue weighted by Gasteiger charge is -2.31. The minimum atomic E-state index is -0.0885. The summed E-state index contributed by atoms with van der Waals surface area (Å²) in [5.74, 6) is 2.15. The molecule has 0 unspecified atom stereocenters. The molecule has 3 aromatic rings. The molecule has 140 valence electrons. The highest BCUT2D eigenvalue weighted by Crippen LogP contribution is 2.26. The van der Waals surface area contributed by atoms with E-state index in [-0.39, 0.29) is 11.5 Å². The molecule has 1 atom stereocenters. The molecule has 27 heavy (non-hydrogen) atoms. The fraction of sp³-hybridized carbons (Fsp3) is 0.400. The molecule has 0 amide bonds. The molecule has 0 aliphatic carbocycles. The van der Waals surface area contributed by atoms with E-state index in [1.165, 1.54) is 0 Å². The SMILES string of the molecule is Cc1nc([C@H]2CCCN(Cc3nc(-c4ccccc4C)no3)C2)cc(=O)[nH]1. The summed E-state index contributed by atoms with van der Waals surface area (Å²) in [5, 5.41) is 4.14. The summed E-state index contributed by atoms with van der Waals surface area (Å²) in [4.78, 5) is 25.8. The summed E-state index contributed by atoms with van der Waals surface area (Å²) < 4.78 is 5.48. The molecule has 1 aliphatic rings. The largest absolute Gasteiger partial charge is 0.338 e. The van der Waals surface area contributed by atoms with Crippen LogP contribution in [0.2, 0.25) is 0 Å². The molecule has 1 aliphatic heterocycles. The first kappa shape index (κ1) is 17.6. The molecule has 3 heterocycles. The number of nitrogens with one attached hydrogen (secondary N) is 1. The van der Waals surface area contributed by atoms with Crippen LogP contribution < -0.4 is 5.56 Å². The number of aryl methyl sites for hydroxylation is 2. The van der Waals surface area contributed by atoms with Crippen molar-refractivity contribution in [1.82, 2.24) is 25.0 Å². The third-order valence-electron chi connectivity index (χ3n) is 5.02. The van der Waals surface area contributed by atoms with Crippen LogP contribution in [0.1, 0.15) is 41.7 Å². The smallest absolute Gasteiger partial charge is 0.251 e. The standard InChI is InChI=1S/C20H23N5O2/c1-13-6-3-4-8-16(13)20-23-19(27-24-20)12-25-9-5-7-15(11-25)17-10-18(26)22-14(2)21-17/h3-4,6,8,10,15H,5,7,9,11-12H2,1-2H3,(H,21,22,26)/t15-/m0/s1. The van der Waals surface area contributed by atoms with Gasteiger partial charge in [-0.15, -0.1) is 0 Å². The molecular formula is C20H23N5O2. The van der Waals surface area contributed by atoms with E-state index in [1.54, 1.807) is 6.07 Å². The third-order valence-corrected chi connectivity index (χ3v) is 5.02. The topological polar surface area (TPSA) is 87.9 Å². The minimum Gasteiger partial charge on any atom is -0.338 e. The van der Waals surface area contributed by atoms with Crippen LogP contribution >= 0.6 is 0 Å². The summed E-state index contributed by atoms with van der Waals surface area (Å²) in [7, 11) is 0. The molecule has 0 bridgehead atoms. The number of aromatic amines is 1. The van der Waals surface area contributed by atoms with Crippen molar-refractivity contribution in [3.63, 3.8) is 0 Å². The normalized spacial score (nSPS) is 17.9. The average molecular weight is 365 g/mol. The van der Waals surface area contributed by atoms with Crippen LogP contribution in [0.4, 0.5) is 0 Å². The second-order valence-electron chi connectivity index (χ2n) is 7.16. The maximum Gasteiger partial charge on any atom is 0.251 e. The Balaban J connectivity index is 1.47. The van der Waals surface area contributed by atoms with Gasteiger partial charge in [0.2, 0.25) is 11.7 Å². The van der Waals surface area contributed by atoms with Crippen LogP contribution in [0.15, 0.2) is 39.6 Å². The van der Waals surface area contributed by atoms with Crippen LogP contribution in [0, 0.1) is 13.8 Å². The summed E-state index contributed by atoms with van der Waals surface area (Å²) in [6, 6.07) is 9.63. The Hall–Kier alpha value is -2.80. The number of rotatable bonds is 4. The quantitative estimate of drug-likeness (QED) is 0.765. The van der Waals surface area contributed by atoms with Gasteiger partial charge in [0.25, 0.3) is 5.56 Å². The van der Waals surface area contributed by atoms with Gasteiger partial charge < -0.3 is 9.51 Å². The van der Waals surface area contributed by atoms with Gasteiger partial charge in [-0.25, -0.2) is 4.98 Å². The number of nitrogens with zero attached hydrogens (tertiary/aromatic N) is 4. The lowest BCUT2D eigenvalue weighted by atomic mass is 9.94. The van der Waals surface area contributed by atoms with Gasteiger partial charge in [0, 0.05) is 24.1 Å². The minimum absolute atomic E-state index is 0.0885. The zero-order valence-electron chi connectivity index (χ0n) is 15.6. The second-order valence-corrected chi connectivity index (χ2v) is 7.16. The van der Waals surface area contributed by atoms with Gasteiger partial charge in [-0.2, -0.15) is 4.98 Å². The van der Waals surface area contributed by atoms with Gasteiger partial charge >= 0.3 is 0 Å². The van der Waals surface area contributed by atoms with E-state index < -0.39 is 0 Å². The maximum absolute atomic E-state index is 11.7. The molecule has 0 saturated carbocycles. The zero-order valence-corrected chi connectivity index (χ0v) is 15.6. The molecule has 2 aromatic heterocycles. The summed E-state index contributed by atoms with van der Waals surface area (Å²) in [5.41, 5.74) is 2.90. The first-order chi connectivity index (χ1) is 13.1. The number of hydrogen-bond acceptors (Lipinski definition) is 6. The van der Waals surface area contributed by atoms with Crippen LogP contribution in [0.25, 0.3) is 11.4 Å². The molecule has 0 radical (unpaired) electrons. The highest BCUT2D eigenvalue weighted by atomic mass is 16.5. The molecule has 1 fully saturated rings. The van der Waals surface area contributed by atoms with Gasteiger partial charge in [-0.1, -0.05) is 29.4 Å². The molecule has 4 rings (SSSR count). The van der Waals surface area contributed by atoms with E-state index in [0.29, 0.717) is 24.1 Å². The van der Waals surface area contributed by atoms with Crippen molar-refractivity contribution in [1.29, 1.82) is 0 Å². The molecule has 1 saturated heterocycles. The van der Waals surface area contributed by atoms with E-state index in [9.17, 15) is 4.79 Å². The number of piperidine rings is 1. The summed E-state index contributed by atoms with van der Waals surface area (Å²) in [6.45, 7) is 6.27. The van der Waals surface area contributed by atoms with Crippen LogP contribution in [-0.2, 0) is 6.54 Å². The van der Waals surface area contributed by atoms with E-state index in [2.05, 4.69) is 25.0 Å². The van der Waals surface area contributed by atoms with Crippen LogP contribution in [0.3, 0.4) is 0 Å². The molecule has 1 N–H and O–H groups in total. The Bertz CT molecular complexity index is 994. The van der Waals surface area contributed by atoms with Crippen molar-refractivity contribution in [2.45, 2.75) is 39.2 Å². The van der Waals surface area contributed by atoms with Gasteiger partial charge in [-0.3, -0.25) is 9.69 Å². The zero-order chi connectivity index (χ0) is 18.8. The van der Waals surface area contributed by atoms with Crippen molar-refractivity contribution in [3.05, 3.63) is 63.7 Å². The lowest BCUT2D eigenvalue weighted by molar-refractivity contribution is 0.175. The molecule has 1 aromatic carbocycles. The summed E-state index contributed by atoms with van der Waals surface area (Å²) >= 11 is 0. The molecule has 7 nitrogen and oxygen atoms in total. The Morgan fingerprint density at radius 3 is 2.93 bits per heavy atom. The number of H-pyrrole nitrogens is 1. The molecular weight excluding hydrogens is 342 g/mol. The first-order valence-electron chi connectivity index (χ1n) is 9.27. The predicted molar refractivity (Wildman–Crippen MR) is 101 cm³/mol. The Morgan fingerprint density at radius 2 is 2.11 bits per heavy atom. The van der Waals surface area contributed by atoms with Gasteiger partial charge in [0.05, 0.1) is 12.2 Å². The van der Waals surface area contributed by atoms with E-state index >= 15 is 0 Å². The van der Waals surface area contributed by atoms with Gasteiger partial charge in [0.15, 0.2) is 0 Å². The average Bonchev–Trinajstić information content (AvgIpc) is 3.10. The highest BCUT2D eigenvalue weighted by molar-refractivity contribution is 5.58. The molecule has 7 heteroatoms. The fourth-order valence-electron chi connectivity index (χ4n) is 3.70. The Kier molecular flexibility index (Phi) is 4.85. The van der Waals surface area contributed by atoms with Crippen molar-refractivity contribution < 1.29 is 4.52 Å². The van der Waals surface area contributed by atoms with E-state index in [0.717, 1.165) is 42.8 Å². The summed E-state index contributed by atoms with van der Waals surface area (Å²) in [6.07, 6.45) is 2.08. The van der Waals surface area contributed by atoms with E-state index in [4.69, 9.17) is 4.52 Å².